The Morgan fingerprint density at radius 1 is 1.29 bits per heavy atom. The zero-order valence-electron chi connectivity index (χ0n) is 11.8. The molecule has 1 saturated heterocycles. The minimum atomic E-state index is -0.104. The van der Waals surface area contributed by atoms with E-state index in [1.165, 1.54) is 0 Å². The number of rotatable bonds is 2. The van der Waals surface area contributed by atoms with Crippen LogP contribution in [0.4, 0.5) is 0 Å². The van der Waals surface area contributed by atoms with Gasteiger partial charge in [0.05, 0.1) is 5.56 Å². The number of amides is 1. The van der Waals surface area contributed by atoms with Gasteiger partial charge in [-0.25, -0.2) is 0 Å². The minimum absolute atomic E-state index is 0.0751. The monoisotopic (exact) mass is 303 g/mol. The molecule has 3 nitrogen and oxygen atoms in total. The van der Waals surface area contributed by atoms with E-state index in [1.54, 1.807) is 11.0 Å². The molecule has 2 aromatic rings. The number of carbonyl (C=O) groups is 1. The molecular weight excluding hydrogens is 286 g/mol. The smallest absolute Gasteiger partial charge is 0.257 e. The van der Waals surface area contributed by atoms with Gasteiger partial charge in [0.1, 0.15) is 5.75 Å². The number of piperidine rings is 1. The van der Waals surface area contributed by atoms with Crippen LogP contribution < -0.4 is 0 Å². The maximum Gasteiger partial charge on any atom is 0.257 e. The predicted molar refractivity (Wildman–Crippen MR) is 85.0 cm³/mol. The Hall–Kier alpha value is -1.74. The summed E-state index contributed by atoms with van der Waals surface area (Å²) in [5.74, 6) is 0.902. The lowest BCUT2D eigenvalue weighted by atomic mass is 9.98. The average Bonchev–Trinajstić information content (AvgIpc) is 2.55. The zero-order chi connectivity index (χ0) is 14.8. The van der Waals surface area contributed by atoms with Crippen LogP contribution in [0.1, 0.15) is 23.2 Å². The number of phenols is 1. The number of aromatic hydroxyl groups is 1. The largest absolute Gasteiger partial charge is 0.506 e. The summed E-state index contributed by atoms with van der Waals surface area (Å²) in [6.07, 6.45) is 2.04. The fraction of sp³-hybridized carbons (Fsp3) is 0.353. The Kier molecular flexibility index (Phi) is 4.02. The van der Waals surface area contributed by atoms with Crippen LogP contribution in [-0.4, -0.2) is 34.9 Å². The molecule has 0 aliphatic carbocycles. The molecule has 1 aliphatic rings. The molecule has 1 atom stereocenters. The Labute approximate surface area is 129 Å². The average molecular weight is 304 g/mol. The molecule has 1 heterocycles. The molecule has 1 fully saturated rings. The van der Waals surface area contributed by atoms with Crippen molar-refractivity contribution in [2.24, 2.45) is 5.92 Å². The summed E-state index contributed by atoms with van der Waals surface area (Å²) in [5, 5.41) is 12.1. The molecule has 0 radical (unpaired) electrons. The van der Waals surface area contributed by atoms with Crippen molar-refractivity contribution in [1.82, 2.24) is 4.90 Å². The highest BCUT2D eigenvalue weighted by molar-refractivity contribution is 6.18. The molecule has 1 amide bonds. The number of hydrogen-bond acceptors (Lipinski definition) is 2. The van der Waals surface area contributed by atoms with Crippen molar-refractivity contribution < 1.29 is 9.90 Å². The predicted octanol–water partition coefficient (Wildman–Crippen LogP) is 3.64. The van der Waals surface area contributed by atoms with Crippen LogP contribution >= 0.6 is 11.6 Å². The summed E-state index contributed by atoms with van der Waals surface area (Å²) in [4.78, 5) is 14.5. The zero-order valence-corrected chi connectivity index (χ0v) is 12.5. The van der Waals surface area contributed by atoms with E-state index < -0.39 is 0 Å². The van der Waals surface area contributed by atoms with Gasteiger partial charge in [0, 0.05) is 24.4 Å². The van der Waals surface area contributed by atoms with Crippen LogP contribution in [0.15, 0.2) is 36.4 Å². The van der Waals surface area contributed by atoms with E-state index in [0.717, 1.165) is 24.8 Å². The van der Waals surface area contributed by atoms with E-state index in [-0.39, 0.29) is 11.7 Å². The van der Waals surface area contributed by atoms with Crippen LogP contribution in [0.2, 0.25) is 0 Å². The maximum atomic E-state index is 12.6. The minimum Gasteiger partial charge on any atom is -0.506 e. The van der Waals surface area contributed by atoms with Crippen molar-refractivity contribution in [3.05, 3.63) is 42.0 Å². The number of benzene rings is 2. The molecule has 1 aliphatic heterocycles. The Bertz CT molecular complexity index is 671. The number of carbonyl (C=O) groups excluding carboxylic acids is 1. The third-order valence-electron chi connectivity index (χ3n) is 4.16. The second-order valence-corrected chi connectivity index (χ2v) is 5.91. The first-order valence-electron chi connectivity index (χ1n) is 7.26. The summed E-state index contributed by atoms with van der Waals surface area (Å²) in [5.41, 5.74) is 0.379. The van der Waals surface area contributed by atoms with Gasteiger partial charge in [-0.1, -0.05) is 30.3 Å². The molecule has 110 valence electrons. The van der Waals surface area contributed by atoms with Crippen LogP contribution in [0.5, 0.6) is 5.75 Å². The lowest BCUT2D eigenvalue weighted by Gasteiger charge is -2.32. The van der Waals surface area contributed by atoms with Crippen molar-refractivity contribution in [2.75, 3.05) is 19.0 Å². The van der Waals surface area contributed by atoms with Crippen LogP contribution in [0, 0.1) is 5.92 Å². The van der Waals surface area contributed by atoms with Gasteiger partial charge in [-0.3, -0.25) is 4.79 Å². The number of nitrogens with zero attached hydrogens (tertiary/aromatic N) is 1. The fourth-order valence-corrected chi connectivity index (χ4v) is 3.23. The Morgan fingerprint density at radius 2 is 2.10 bits per heavy atom. The van der Waals surface area contributed by atoms with Crippen molar-refractivity contribution in [2.45, 2.75) is 12.8 Å². The molecular formula is C17H18ClNO2. The van der Waals surface area contributed by atoms with Gasteiger partial charge >= 0.3 is 0 Å². The van der Waals surface area contributed by atoms with Gasteiger partial charge in [0.25, 0.3) is 5.91 Å². The summed E-state index contributed by atoms with van der Waals surface area (Å²) < 4.78 is 0. The second kappa shape index (κ2) is 5.94. The van der Waals surface area contributed by atoms with Crippen molar-refractivity contribution in [3.8, 4) is 5.75 Å². The number of halogens is 1. The summed E-state index contributed by atoms with van der Waals surface area (Å²) in [6, 6.07) is 11.1. The van der Waals surface area contributed by atoms with E-state index in [4.69, 9.17) is 11.6 Å². The number of hydrogen-bond donors (Lipinski definition) is 1. The maximum absolute atomic E-state index is 12.6. The highest BCUT2D eigenvalue weighted by Crippen LogP contribution is 2.30. The van der Waals surface area contributed by atoms with Gasteiger partial charge in [0.15, 0.2) is 0 Å². The molecule has 0 spiro atoms. The van der Waals surface area contributed by atoms with E-state index in [2.05, 4.69) is 0 Å². The molecule has 4 heteroatoms. The van der Waals surface area contributed by atoms with E-state index in [9.17, 15) is 9.90 Å². The van der Waals surface area contributed by atoms with E-state index >= 15 is 0 Å². The summed E-state index contributed by atoms with van der Waals surface area (Å²) in [7, 11) is 0. The first-order valence-corrected chi connectivity index (χ1v) is 7.80. The van der Waals surface area contributed by atoms with Gasteiger partial charge in [-0.15, -0.1) is 11.6 Å². The SMILES string of the molecule is O=C(c1ccc2ccccc2c1O)N1CCCC(CCl)C1. The van der Waals surface area contributed by atoms with Gasteiger partial charge < -0.3 is 10.0 Å². The highest BCUT2D eigenvalue weighted by atomic mass is 35.5. The van der Waals surface area contributed by atoms with E-state index in [0.29, 0.717) is 29.3 Å². The van der Waals surface area contributed by atoms with Crippen molar-refractivity contribution >= 4 is 28.3 Å². The molecule has 2 aromatic carbocycles. The molecule has 0 saturated carbocycles. The summed E-state index contributed by atoms with van der Waals surface area (Å²) >= 11 is 5.92. The number of likely N-dealkylation sites (tertiary alicyclic amines) is 1. The third kappa shape index (κ3) is 2.70. The summed E-state index contributed by atoms with van der Waals surface area (Å²) in [6.45, 7) is 1.41. The first-order chi connectivity index (χ1) is 10.2. The lowest BCUT2D eigenvalue weighted by molar-refractivity contribution is 0.0682. The van der Waals surface area contributed by atoms with Crippen LogP contribution in [0.25, 0.3) is 10.8 Å². The molecule has 1 unspecified atom stereocenters. The molecule has 0 bridgehead atoms. The number of phenolic OH excluding ortho intramolecular Hbond substituents is 1. The number of alkyl halides is 1. The normalized spacial score (nSPS) is 18.9. The Morgan fingerprint density at radius 3 is 2.90 bits per heavy atom. The molecule has 3 rings (SSSR count). The Balaban J connectivity index is 1.92. The fourth-order valence-electron chi connectivity index (χ4n) is 2.97. The van der Waals surface area contributed by atoms with Crippen LogP contribution in [0.3, 0.4) is 0 Å². The molecule has 21 heavy (non-hydrogen) atoms. The highest BCUT2D eigenvalue weighted by Gasteiger charge is 2.25. The van der Waals surface area contributed by atoms with E-state index in [1.807, 2.05) is 30.3 Å². The van der Waals surface area contributed by atoms with Crippen molar-refractivity contribution in [3.63, 3.8) is 0 Å². The van der Waals surface area contributed by atoms with Crippen LogP contribution in [-0.2, 0) is 0 Å². The van der Waals surface area contributed by atoms with Gasteiger partial charge in [-0.2, -0.15) is 0 Å². The third-order valence-corrected chi connectivity index (χ3v) is 4.59. The molecule has 1 N–H and O–H groups in total. The lowest BCUT2D eigenvalue weighted by Crippen LogP contribution is -2.40. The standard InChI is InChI=1S/C17H18ClNO2/c18-10-12-4-3-9-19(11-12)17(21)15-8-7-13-5-1-2-6-14(13)16(15)20/h1-2,5-8,12,20H,3-4,9-11H2. The topological polar surface area (TPSA) is 40.5 Å². The molecule has 0 aromatic heterocycles. The quantitative estimate of drug-likeness (QED) is 0.861. The second-order valence-electron chi connectivity index (χ2n) is 5.60. The van der Waals surface area contributed by atoms with Gasteiger partial charge in [-0.05, 0) is 30.2 Å². The van der Waals surface area contributed by atoms with Crippen molar-refractivity contribution in [1.29, 1.82) is 0 Å². The number of fused-ring (bicyclic) bond motifs is 1. The van der Waals surface area contributed by atoms with Gasteiger partial charge in [0.2, 0.25) is 0 Å². The first kappa shape index (κ1) is 14.2.